The fourth-order valence-corrected chi connectivity index (χ4v) is 2.46. The van der Waals surface area contributed by atoms with Crippen LogP contribution in [0.4, 0.5) is 0 Å². The van der Waals surface area contributed by atoms with E-state index in [4.69, 9.17) is 4.74 Å². The molecule has 3 heteroatoms. The summed E-state index contributed by atoms with van der Waals surface area (Å²) < 4.78 is 7.57. The standard InChI is InChI=1S/C21H20N2O/c1-3-17-5-7-18(8-6-17)9-10-19-15-20(24-4-2)11-12-21(19)23-14-13-22-16-23/h5-8,11-16H,3-4H2,1-2H3. The molecule has 0 aliphatic carbocycles. The molecule has 0 aliphatic rings. The molecule has 3 rings (SSSR count). The summed E-state index contributed by atoms with van der Waals surface area (Å²) in [7, 11) is 0. The molecule has 2 aromatic carbocycles. The zero-order valence-electron chi connectivity index (χ0n) is 14.0. The van der Waals surface area contributed by atoms with Gasteiger partial charge in [0.15, 0.2) is 0 Å². The number of benzene rings is 2. The smallest absolute Gasteiger partial charge is 0.120 e. The molecule has 0 aliphatic heterocycles. The number of aryl methyl sites for hydroxylation is 1. The Balaban J connectivity index is 1.98. The third kappa shape index (κ3) is 3.67. The number of aromatic nitrogens is 2. The molecule has 3 nitrogen and oxygen atoms in total. The van der Waals surface area contributed by atoms with Crippen LogP contribution in [0.1, 0.15) is 30.5 Å². The van der Waals surface area contributed by atoms with Crippen molar-refractivity contribution in [3.05, 3.63) is 77.9 Å². The summed E-state index contributed by atoms with van der Waals surface area (Å²) in [4.78, 5) is 4.12. The molecule has 0 saturated carbocycles. The molecule has 24 heavy (non-hydrogen) atoms. The Hall–Kier alpha value is -2.99. The minimum absolute atomic E-state index is 0.635. The molecule has 1 aromatic heterocycles. The average molecular weight is 316 g/mol. The second-order valence-electron chi connectivity index (χ2n) is 5.38. The Kier molecular flexibility index (Phi) is 4.98. The molecule has 0 atom stereocenters. The molecule has 0 fully saturated rings. The Morgan fingerprint density at radius 3 is 2.54 bits per heavy atom. The monoisotopic (exact) mass is 316 g/mol. The first-order valence-corrected chi connectivity index (χ1v) is 8.16. The minimum atomic E-state index is 0.635. The van der Waals surface area contributed by atoms with E-state index in [1.54, 1.807) is 12.5 Å². The van der Waals surface area contributed by atoms with E-state index in [0.29, 0.717) is 6.61 Å². The van der Waals surface area contributed by atoms with Crippen molar-refractivity contribution >= 4 is 0 Å². The third-order valence-electron chi connectivity index (χ3n) is 3.77. The normalized spacial score (nSPS) is 10.1. The van der Waals surface area contributed by atoms with Gasteiger partial charge in [0.25, 0.3) is 0 Å². The van der Waals surface area contributed by atoms with Crippen molar-refractivity contribution in [1.29, 1.82) is 0 Å². The van der Waals surface area contributed by atoms with Crippen LogP contribution in [-0.2, 0) is 6.42 Å². The third-order valence-corrected chi connectivity index (χ3v) is 3.77. The van der Waals surface area contributed by atoms with Crippen LogP contribution in [0.3, 0.4) is 0 Å². The molecule has 120 valence electrons. The second-order valence-corrected chi connectivity index (χ2v) is 5.38. The number of hydrogen-bond acceptors (Lipinski definition) is 2. The molecular weight excluding hydrogens is 296 g/mol. The summed E-state index contributed by atoms with van der Waals surface area (Å²) in [6.45, 7) is 4.76. The molecule has 1 heterocycles. The van der Waals surface area contributed by atoms with E-state index in [1.165, 1.54) is 5.56 Å². The lowest BCUT2D eigenvalue weighted by Gasteiger charge is -2.09. The Morgan fingerprint density at radius 1 is 1.04 bits per heavy atom. The van der Waals surface area contributed by atoms with E-state index in [1.807, 2.05) is 35.9 Å². The van der Waals surface area contributed by atoms with Gasteiger partial charge in [0.2, 0.25) is 0 Å². The topological polar surface area (TPSA) is 27.1 Å². The van der Waals surface area contributed by atoms with E-state index in [9.17, 15) is 0 Å². The Labute approximate surface area is 142 Å². The van der Waals surface area contributed by atoms with Gasteiger partial charge in [-0.15, -0.1) is 0 Å². The van der Waals surface area contributed by atoms with Gasteiger partial charge in [-0.3, -0.25) is 0 Å². The summed E-state index contributed by atoms with van der Waals surface area (Å²) in [5.41, 5.74) is 4.23. The average Bonchev–Trinajstić information content (AvgIpc) is 3.15. The molecular formula is C21H20N2O. The Morgan fingerprint density at radius 2 is 1.88 bits per heavy atom. The highest BCUT2D eigenvalue weighted by atomic mass is 16.5. The summed E-state index contributed by atoms with van der Waals surface area (Å²) in [6, 6.07) is 14.3. The van der Waals surface area contributed by atoms with Crippen LogP contribution < -0.4 is 4.74 Å². The van der Waals surface area contributed by atoms with Gasteiger partial charge in [0.1, 0.15) is 5.75 Å². The predicted octanol–water partition coefficient (Wildman–Crippen LogP) is 4.23. The van der Waals surface area contributed by atoms with Gasteiger partial charge in [0, 0.05) is 18.0 Å². The van der Waals surface area contributed by atoms with Crippen molar-refractivity contribution in [3.63, 3.8) is 0 Å². The number of imidazole rings is 1. The second kappa shape index (κ2) is 7.52. The van der Waals surface area contributed by atoms with Crippen molar-refractivity contribution in [1.82, 2.24) is 9.55 Å². The molecule has 0 N–H and O–H groups in total. The van der Waals surface area contributed by atoms with E-state index in [0.717, 1.165) is 29.0 Å². The number of ether oxygens (including phenoxy) is 1. The van der Waals surface area contributed by atoms with Crippen LogP contribution in [0.25, 0.3) is 5.69 Å². The van der Waals surface area contributed by atoms with Crippen LogP contribution in [0.15, 0.2) is 61.2 Å². The van der Waals surface area contributed by atoms with Crippen LogP contribution >= 0.6 is 0 Å². The molecule has 0 saturated heterocycles. The number of hydrogen-bond donors (Lipinski definition) is 0. The predicted molar refractivity (Wildman–Crippen MR) is 96.5 cm³/mol. The molecule has 0 spiro atoms. The van der Waals surface area contributed by atoms with Gasteiger partial charge in [0.05, 0.1) is 24.2 Å². The van der Waals surface area contributed by atoms with Crippen molar-refractivity contribution < 1.29 is 4.74 Å². The lowest BCUT2D eigenvalue weighted by molar-refractivity contribution is 0.340. The number of rotatable bonds is 4. The first-order chi connectivity index (χ1) is 11.8. The zero-order chi connectivity index (χ0) is 16.8. The highest BCUT2D eigenvalue weighted by Crippen LogP contribution is 2.21. The minimum Gasteiger partial charge on any atom is -0.494 e. The van der Waals surface area contributed by atoms with Gasteiger partial charge in [-0.05, 0) is 49.2 Å². The van der Waals surface area contributed by atoms with Gasteiger partial charge in [-0.2, -0.15) is 0 Å². The summed E-state index contributed by atoms with van der Waals surface area (Å²) in [5, 5.41) is 0. The maximum atomic E-state index is 5.61. The quantitative estimate of drug-likeness (QED) is 0.673. The van der Waals surface area contributed by atoms with Gasteiger partial charge in [-0.1, -0.05) is 30.9 Å². The molecule has 0 unspecified atom stereocenters. The lowest BCUT2D eigenvalue weighted by atomic mass is 10.1. The van der Waals surface area contributed by atoms with Gasteiger partial charge >= 0.3 is 0 Å². The highest BCUT2D eigenvalue weighted by molar-refractivity contribution is 5.56. The van der Waals surface area contributed by atoms with E-state index in [2.05, 4.69) is 48.0 Å². The molecule has 0 radical (unpaired) electrons. The fourth-order valence-electron chi connectivity index (χ4n) is 2.46. The van der Waals surface area contributed by atoms with Gasteiger partial charge < -0.3 is 9.30 Å². The SMILES string of the molecule is CCOc1ccc(-n2ccnc2)c(C#Cc2ccc(CC)cc2)c1. The maximum Gasteiger partial charge on any atom is 0.120 e. The fraction of sp³-hybridized carbons (Fsp3) is 0.190. The van der Waals surface area contributed by atoms with Crippen molar-refractivity contribution in [3.8, 4) is 23.3 Å². The van der Waals surface area contributed by atoms with Gasteiger partial charge in [-0.25, -0.2) is 4.98 Å². The van der Waals surface area contributed by atoms with Crippen molar-refractivity contribution in [2.24, 2.45) is 0 Å². The van der Waals surface area contributed by atoms with E-state index < -0.39 is 0 Å². The van der Waals surface area contributed by atoms with Crippen LogP contribution in [0, 0.1) is 11.8 Å². The van der Waals surface area contributed by atoms with E-state index >= 15 is 0 Å². The van der Waals surface area contributed by atoms with Crippen LogP contribution in [0.2, 0.25) is 0 Å². The molecule has 3 aromatic rings. The van der Waals surface area contributed by atoms with Crippen LogP contribution in [0.5, 0.6) is 5.75 Å². The zero-order valence-corrected chi connectivity index (χ0v) is 14.0. The lowest BCUT2D eigenvalue weighted by Crippen LogP contribution is -1.97. The van der Waals surface area contributed by atoms with Crippen molar-refractivity contribution in [2.45, 2.75) is 20.3 Å². The summed E-state index contributed by atoms with van der Waals surface area (Å²) in [6.07, 6.45) is 6.49. The molecule has 0 bridgehead atoms. The Bertz CT molecular complexity index is 853. The first-order valence-electron chi connectivity index (χ1n) is 8.16. The summed E-state index contributed by atoms with van der Waals surface area (Å²) >= 11 is 0. The first kappa shape index (κ1) is 15.9. The maximum absolute atomic E-state index is 5.61. The van der Waals surface area contributed by atoms with Crippen molar-refractivity contribution in [2.75, 3.05) is 6.61 Å². The van der Waals surface area contributed by atoms with Crippen LogP contribution in [-0.4, -0.2) is 16.2 Å². The van der Waals surface area contributed by atoms with E-state index in [-0.39, 0.29) is 0 Å². The molecule has 0 amide bonds. The summed E-state index contributed by atoms with van der Waals surface area (Å²) in [5.74, 6) is 7.35. The number of nitrogens with zero attached hydrogens (tertiary/aromatic N) is 2. The highest BCUT2D eigenvalue weighted by Gasteiger charge is 2.04. The largest absolute Gasteiger partial charge is 0.494 e.